The SMILES string of the molecule is CC1(C)OB(c2ccc(-c3ccc(-c4ccc5sccc5c4)cc3)cc2)OC1(C)C. The maximum Gasteiger partial charge on any atom is 0.494 e. The van der Waals surface area contributed by atoms with Crippen LogP contribution < -0.4 is 5.46 Å². The van der Waals surface area contributed by atoms with E-state index in [4.69, 9.17) is 9.31 Å². The Hall–Kier alpha value is -2.40. The van der Waals surface area contributed by atoms with E-state index in [-0.39, 0.29) is 18.3 Å². The van der Waals surface area contributed by atoms with Gasteiger partial charge in [-0.05, 0) is 84.4 Å². The summed E-state index contributed by atoms with van der Waals surface area (Å²) >= 11 is 1.78. The molecule has 1 aromatic heterocycles. The predicted octanol–water partition coefficient (Wildman–Crippen LogP) is 6.53. The van der Waals surface area contributed by atoms with Gasteiger partial charge in [-0.25, -0.2) is 0 Å². The minimum Gasteiger partial charge on any atom is -0.399 e. The van der Waals surface area contributed by atoms with E-state index in [0.717, 1.165) is 5.46 Å². The van der Waals surface area contributed by atoms with Gasteiger partial charge in [-0.2, -0.15) is 0 Å². The third kappa shape index (κ3) is 3.39. The van der Waals surface area contributed by atoms with Crippen molar-refractivity contribution in [3.8, 4) is 22.3 Å². The molecule has 2 nitrogen and oxygen atoms in total. The average molecular weight is 412 g/mol. The molecule has 0 saturated carbocycles. The van der Waals surface area contributed by atoms with E-state index >= 15 is 0 Å². The number of hydrogen-bond acceptors (Lipinski definition) is 3. The molecule has 4 heteroatoms. The van der Waals surface area contributed by atoms with Crippen molar-refractivity contribution in [2.24, 2.45) is 0 Å². The zero-order chi connectivity index (χ0) is 20.9. The Morgan fingerprint density at radius 2 is 1.13 bits per heavy atom. The minimum absolute atomic E-state index is 0.321. The molecule has 4 aromatic rings. The van der Waals surface area contributed by atoms with Crippen molar-refractivity contribution in [3.05, 3.63) is 78.2 Å². The highest BCUT2D eigenvalue weighted by Crippen LogP contribution is 2.36. The fourth-order valence-electron chi connectivity index (χ4n) is 3.81. The highest BCUT2D eigenvalue weighted by Gasteiger charge is 2.51. The number of hydrogen-bond donors (Lipinski definition) is 0. The second kappa shape index (κ2) is 7.09. The molecule has 5 rings (SSSR count). The lowest BCUT2D eigenvalue weighted by Gasteiger charge is -2.32. The molecule has 1 aliphatic rings. The number of benzene rings is 3. The maximum atomic E-state index is 6.16. The Bertz CT molecular complexity index is 1170. The van der Waals surface area contributed by atoms with Crippen LogP contribution in [0.15, 0.2) is 78.2 Å². The van der Waals surface area contributed by atoms with Crippen molar-refractivity contribution in [2.75, 3.05) is 0 Å². The predicted molar refractivity (Wildman–Crippen MR) is 128 cm³/mol. The maximum absolute atomic E-state index is 6.16. The average Bonchev–Trinajstić information content (AvgIpc) is 3.29. The molecule has 30 heavy (non-hydrogen) atoms. The first-order chi connectivity index (χ1) is 14.3. The van der Waals surface area contributed by atoms with Crippen LogP contribution in [0.25, 0.3) is 32.3 Å². The van der Waals surface area contributed by atoms with E-state index in [1.54, 1.807) is 11.3 Å². The third-order valence-corrected chi connectivity index (χ3v) is 7.34. The van der Waals surface area contributed by atoms with Gasteiger partial charge in [0.1, 0.15) is 0 Å². The summed E-state index contributed by atoms with van der Waals surface area (Å²) in [5, 5.41) is 3.45. The van der Waals surface area contributed by atoms with Crippen LogP contribution in [0.3, 0.4) is 0 Å². The molecule has 150 valence electrons. The summed E-state index contributed by atoms with van der Waals surface area (Å²) in [5.41, 5.74) is 5.30. The van der Waals surface area contributed by atoms with Gasteiger partial charge in [-0.1, -0.05) is 54.6 Å². The van der Waals surface area contributed by atoms with E-state index in [1.165, 1.54) is 32.3 Å². The molecule has 3 aromatic carbocycles. The Kier molecular flexibility index (Phi) is 4.62. The smallest absolute Gasteiger partial charge is 0.399 e. The van der Waals surface area contributed by atoms with Crippen molar-refractivity contribution in [2.45, 2.75) is 38.9 Å². The lowest BCUT2D eigenvalue weighted by Crippen LogP contribution is -2.41. The fraction of sp³-hybridized carbons (Fsp3) is 0.231. The van der Waals surface area contributed by atoms with Crippen LogP contribution >= 0.6 is 11.3 Å². The molecule has 0 atom stereocenters. The summed E-state index contributed by atoms with van der Waals surface area (Å²) in [6.45, 7) is 8.33. The molecular weight excluding hydrogens is 387 g/mol. The summed E-state index contributed by atoms with van der Waals surface area (Å²) in [5.74, 6) is 0. The van der Waals surface area contributed by atoms with Crippen LogP contribution in [0.1, 0.15) is 27.7 Å². The molecule has 1 fully saturated rings. The Morgan fingerprint density at radius 3 is 1.73 bits per heavy atom. The summed E-state index contributed by atoms with van der Waals surface area (Å²) in [7, 11) is -0.321. The molecule has 1 saturated heterocycles. The lowest BCUT2D eigenvalue weighted by atomic mass is 9.78. The topological polar surface area (TPSA) is 18.5 Å². The highest BCUT2D eigenvalue weighted by molar-refractivity contribution is 7.17. The Morgan fingerprint density at radius 1 is 0.633 bits per heavy atom. The van der Waals surface area contributed by atoms with E-state index in [0.29, 0.717) is 0 Å². The molecule has 0 bridgehead atoms. The van der Waals surface area contributed by atoms with E-state index in [9.17, 15) is 0 Å². The van der Waals surface area contributed by atoms with Gasteiger partial charge in [0, 0.05) is 4.70 Å². The summed E-state index contributed by atoms with van der Waals surface area (Å²) in [6, 6.07) is 26.1. The largest absolute Gasteiger partial charge is 0.494 e. The second-order valence-corrected chi connectivity index (χ2v) is 9.91. The van der Waals surface area contributed by atoms with Crippen molar-refractivity contribution in [1.29, 1.82) is 0 Å². The first kappa shape index (κ1) is 19.6. The monoisotopic (exact) mass is 412 g/mol. The van der Waals surface area contributed by atoms with Gasteiger partial charge < -0.3 is 9.31 Å². The number of rotatable bonds is 3. The van der Waals surface area contributed by atoms with Gasteiger partial charge in [-0.3, -0.25) is 0 Å². The van der Waals surface area contributed by atoms with Crippen LogP contribution in [0, 0.1) is 0 Å². The second-order valence-electron chi connectivity index (χ2n) is 8.96. The van der Waals surface area contributed by atoms with Gasteiger partial charge in [0.05, 0.1) is 11.2 Å². The molecule has 1 aliphatic heterocycles. The zero-order valence-electron chi connectivity index (χ0n) is 17.8. The Labute approximate surface area is 182 Å². The van der Waals surface area contributed by atoms with Crippen LogP contribution in [0.2, 0.25) is 0 Å². The zero-order valence-corrected chi connectivity index (χ0v) is 18.6. The molecule has 0 spiro atoms. The quantitative estimate of drug-likeness (QED) is 0.356. The van der Waals surface area contributed by atoms with Crippen LogP contribution in [-0.4, -0.2) is 18.3 Å². The van der Waals surface area contributed by atoms with Gasteiger partial charge in [0.2, 0.25) is 0 Å². The van der Waals surface area contributed by atoms with Gasteiger partial charge in [0.25, 0.3) is 0 Å². The fourth-order valence-corrected chi connectivity index (χ4v) is 4.58. The highest BCUT2D eigenvalue weighted by atomic mass is 32.1. The van der Waals surface area contributed by atoms with Crippen LogP contribution in [0.5, 0.6) is 0 Å². The first-order valence-corrected chi connectivity index (χ1v) is 11.2. The van der Waals surface area contributed by atoms with Gasteiger partial charge >= 0.3 is 7.12 Å². The molecule has 2 heterocycles. The van der Waals surface area contributed by atoms with E-state index in [2.05, 4.69) is 106 Å². The van der Waals surface area contributed by atoms with Crippen molar-refractivity contribution >= 4 is 34.0 Å². The standard InChI is InChI=1S/C26H25BO2S/c1-25(2)26(3,4)29-27(28-25)23-12-9-19(10-13-23)18-5-7-20(8-6-18)21-11-14-24-22(17-21)15-16-30-24/h5-17H,1-4H3. The van der Waals surface area contributed by atoms with E-state index < -0.39 is 0 Å². The molecule has 0 aliphatic carbocycles. The molecule has 0 unspecified atom stereocenters. The third-order valence-electron chi connectivity index (χ3n) is 6.44. The first-order valence-electron chi connectivity index (χ1n) is 10.4. The summed E-state index contributed by atoms with van der Waals surface area (Å²) < 4.78 is 13.7. The van der Waals surface area contributed by atoms with Crippen molar-refractivity contribution in [3.63, 3.8) is 0 Å². The van der Waals surface area contributed by atoms with Crippen molar-refractivity contribution in [1.82, 2.24) is 0 Å². The van der Waals surface area contributed by atoms with Crippen LogP contribution in [0.4, 0.5) is 0 Å². The lowest BCUT2D eigenvalue weighted by molar-refractivity contribution is 0.00578. The minimum atomic E-state index is -0.321. The van der Waals surface area contributed by atoms with Crippen LogP contribution in [-0.2, 0) is 9.31 Å². The summed E-state index contributed by atoms with van der Waals surface area (Å²) in [6.07, 6.45) is 0. The van der Waals surface area contributed by atoms with Gasteiger partial charge in [-0.15, -0.1) is 11.3 Å². The van der Waals surface area contributed by atoms with Crippen molar-refractivity contribution < 1.29 is 9.31 Å². The summed E-state index contributed by atoms with van der Waals surface area (Å²) in [4.78, 5) is 0. The normalized spacial score (nSPS) is 17.5. The molecule has 0 radical (unpaired) electrons. The molecule has 0 N–H and O–H groups in total. The van der Waals surface area contributed by atoms with Gasteiger partial charge in [0.15, 0.2) is 0 Å². The molecule has 0 amide bonds. The Balaban J connectivity index is 1.36. The number of fused-ring (bicyclic) bond motifs is 1. The molecular formula is C26H25BO2S. The number of thiophene rings is 1. The van der Waals surface area contributed by atoms with E-state index in [1.807, 2.05) is 0 Å².